The average molecular weight is 216 g/mol. The fourth-order valence-corrected chi connectivity index (χ4v) is 4.41. The minimum Gasteiger partial charge on any atom is -0.409 e. The van der Waals surface area contributed by atoms with Crippen molar-refractivity contribution in [2.45, 2.75) is 26.2 Å². The highest BCUT2D eigenvalue weighted by atomic mass is 28.3. The molecule has 0 spiro atoms. The van der Waals surface area contributed by atoms with E-state index in [-0.39, 0.29) is 11.1 Å². The minimum atomic E-state index is -2.25. The number of rotatable bonds is 3. The standard InChI is InChI=1S/C6H17BN2O2Si2/c1-12(2)5(10)9-13(3,4)6(11)8-7/h12H,7H2,1-4H3,(H,8,11)(H,9,10). The summed E-state index contributed by atoms with van der Waals surface area (Å²) in [5, 5.41) is 2.57. The maximum atomic E-state index is 11.4. The first-order chi connectivity index (χ1) is 5.81. The van der Waals surface area contributed by atoms with Gasteiger partial charge < -0.3 is 10.2 Å². The molecule has 0 unspecified atom stereocenters. The highest BCUT2D eigenvalue weighted by Crippen LogP contribution is 1.99. The van der Waals surface area contributed by atoms with E-state index in [1.54, 1.807) is 7.98 Å². The second kappa shape index (κ2) is 4.61. The van der Waals surface area contributed by atoms with E-state index in [9.17, 15) is 9.59 Å². The normalized spacial score (nSPS) is 11.2. The summed E-state index contributed by atoms with van der Waals surface area (Å²) in [7, 11) is -1.97. The van der Waals surface area contributed by atoms with Gasteiger partial charge in [0.2, 0.25) is 13.5 Å². The zero-order chi connectivity index (χ0) is 10.6. The predicted molar refractivity (Wildman–Crippen MR) is 62.0 cm³/mol. The summed E-state index contributed by atoms with van der Waals surface area (Å²) in [4.78, 5) is 25.6. The third-order valence-corrected chi connectivity index (χ3v) is 5.49. The van der Waals surface area contributed by atoms with Gasteiger partial charge in [-0.2, -0.15) is 0 Å². The van der Waals surface area contributed by atoms with E-state index in [2.05, 4.69) is 10.2 Å². The molecular weight excluding hydrogens is 199 g/mol. The third kappa shape index (κ3) is 3.77. The summed E-state index contributed by atoms with van der Waals surface area (Å²) in [6, 6.07) is 0. The van der Waals surface area contributed by atoms with Gasteiger partial charge in [0.15, 0.2) is 5.53 Å². The lowest BCUT2D eigenvalue weighted by Gasteiger charge is -2.22. The molecule has 0 aliphatic carbocycles. The molecule has 0 rings (SSSR count). The molecule has 0 aliphatic heterocycles. The predicted octanol–water partition coefficient (Wildman–Crippen LogP) is -0.191. The van der Waals surface area contributed by atoms with E-state index in [0.717, 1.165) is 0 Å². The van der Waals surface area contributed by atoms with Crippen molar-refractivity contribution < 1.29 is 9.59 Å². The monoisotopic (exact) mass is 216 g/mol. The molecule has 0 aromatic carbocycles. The van der Waals surface area contributed by atoms with Gasteiger partial charge in [0.25, 0.3) is 8.24 Å². The molecule has 0 radical (unpaired) electrons. The molecule has 0 aromatic rings. The smallest absolute Gasteiger partial charge is 0.250 e. The molecule has 0 aliphatic rings. The Morgan fingerprint density at radius 3 is 2.08 bits per heavy atom. The quantitative estimate of drug-likeness (QED) is 0.642. The Morgan fingerprint density at radius 2 is 1.77 bits per heavy atom. The highest BCUT2D eigenvalue weighted by Gasteiger charge is 2.32. The zero-order valence-electron chi connectivity index (χ0n) is 8.89. The zero-order valence-corrected chi connectivity index (χ0v) is 11.0. The lowest BCUT2D eigenvalue weighted by Crippen LogP contribution is -2.60. The Balaban J connectivity index is 4.33. The van der Waals surface area contributed by atoms with E-state index in [4.69, 9.17) is 0 Å². The molecule has 4 nitrogen and oxygen atoms in total. The van der Waals surface area contributed by atoms with Crippen LogP contribution in [-0.4, -0.2) is 36.1 Å². The van der Waals surface area contributed by atoms with Gasteiger partial charge in [-0.25, -0.2) is 0 Å². The number of hydrogen-bond acceptors (Lipinski definition) is 2. The molecule has 13 heavy (non-hydrogen) atoms. The number of amides is 2. The van der Waals surface area contributed by atoms with Gasteiger partial charge >= 0.3 is 0 Å². The molecule has 0 fully saturated rings. The van der Waals surface area contributed by atoms with E-state index < -0.39 is 17.0 Å². The van der Waals surface area contributed by atoms with Crippen molar-refractivity contribution >= 4 is 36.1 Å². The van der Waals surface area contributed by atoms with Crippen LogP contribution in [0.2, 0.25) is 26.2 Å². The summed E-state index contributed by atoms with van der Waals surface area (Å²) in [5.41, 5.74) is 0.0516. The Kier molecular flexibility index (Phi) is 4.41. The van der Waals surface area contributed by atoms with Gasteiger partial charge in [-0.15, -0.1) is 0 Å². The van der Waals surface area contributed by atoms with E-state index >= 15 is 0 Å². The van der Waals surface area contributed by atoms with Crippen LogP contribution >= 0.6 is 0 Å². The lowest BCUT2D eigenvalue weighted by atomic mass is 10.5. The van der Waals surface area contributed by atoms with Crippen molar-refractivity contribution in [3.63, 3.8) is 0 Å². The molecule has 0 bridgehead atoms. The van der Waals surface area contributed by atoms with Crippen LogP contribution in [0.1, 0.15) is 0 Å². The van der Waals surface area contributed by atoms with Crippen LogP contribution < -0.4 is 10.2 Å². The summed E-state index contributed by atoms with van der Waals surface area (Å²) in [5.74, 6) is 0. The largest absolute Gasteiger partial charge is 0.409 e. The van der Waals surface area contributed by atoms with E-state index in [0.29, 0.717) is 0 Å². The fraction of sp³-hybridized carbons (Fsp3) is 0.667. The van der Waals surface area contributed by atoms with Gasteiger partial charge in [0.05, 0.1) is 0 Å². The molecule has 0 saturated carbocycles. The Morgan fingerprint density at radius 1 is 1.31 bits per heavy atom. The SMILES string of the molecule is BNC(=O)[Si](C)(C)NC(=O)[SiH](C)C. The van der Waals surface area contributed by atoms with Gasteiger partial charge in [-0.1, -0.05) is 13.1 Å². The molecule has 0 atom stereocenters. The Bertz CT molecular complexity index is 221. The summed E-state index contributed by atoms with van der Waals surface area (Å²) < 4.78 is 0. The van der Waals surface area contributed by atoms with Crippen LogP contribution in [0.4, 0.5) is 9.59 Å². The van der Waals surface area contributed by atoms with Gasteiger partial charge in [-0.3, -0.25) is 9.59 Å². The van der Waals surface area contributed by atoms with Crippen molar-refractivity contribution in [1.29, 1.82) is 0 Å². The van der Waals surface area contributed by atoms with Crippen molar-refractivity contribution in [2.75, 3.05) is 0 Å². The topological polar surface area (TPSA) is 58.2 Å². The number of carbonyl (C=O) groups excluding carboxylic acids is 2. The number of carbonyl (C=O) groups is 2. The lowest BCUT2D eigenvalue weighted by molar-refractivity contribution is 0.257. The van der Waals surface area contributed by atoms with Crippen LogP contribution in [-0.2, 0) is 0 Å². The molecule has 2 amide bonds. The van der Waals surface area contributed by atoms with Crippen LogP contribution in [0.3, 0.4) is 0 Å². The second-order valence-electron chi connectivity index (χ2n) is 3.85. The first kappa shape index (κ1) is 12.4. The second-order valence-corrected chi connectivity index (χ2v) is 10.6. The summed E-state index contributed by atoms with van der Waals surface area (Å²) >= 11 is 0. The average Bonchev–Trinajstić information content (AvgIpc) is 2.01. The van der Waals surface area contributed by atoms with Crippen LogP contribution in [0.25, 0.3) is 0 Å². The summed E-state index contributed by atoms with van der Waals surface area (Å²) in [6.07, 6.45) is 0. The first-order valence-electron chi connectivity index (χ1n) is 4.35. The van der Waals surface area contributed by atoms with Crippen molar-refractivity contribution in [2.24, 2.45) is 0 Å². The molecule has 7 heteroatoms. The molecule has 0 aromatic heterocycles. The molecule has 0 saturated heterocycles. The van der Waals surface area contributed by atoms with Gasteiger partial charge in [0.1, 0.15) is 8.80 Å². The van der Waals surface area contributed by atoms with Crippen LogP contribution in [0, 0.1) is 0 Å². The Hall–Kier alpha value is -0.561. The van der Waals surface area contributed by atoms with Gasteiger partial charge in [-0.05, 0) is 13.1 Å². The van der Waals surface area contributed by atoms with E-state index in [1.807, 2.05) is 26.2 Å². The molecular formula is C6H17BN2O2Si2. The maximum absolute atomic E-state index is 11.4. The molecule has 0 heterocycles. The fourth-order valence-electron chi connectivity index (χ4n) is 0.822. The van der Waals surface area contributed by atoms with Crippen molar-refractivity contribution in [3.05, 3.63) is 0 Å². The number of nitrogens with one attached hydrogen (secondary N) is 2. The number of hydrogen-bond donors (Lipinski definition) is 2. The molecule has 2 N–H and O–H groups in total. The minimum absolute atomic E-state index is 0.0319. The Labute approximate surface area is 82.6 Å². The first-order valence-corrected chi connectivity index (χ1v) is 10.2. The van der Waals surface area contributed by atoms with Crippen molar-refractivity contribution in [3.8, 4) is 0 Å². The highest BCUT2D eigenvalue weighted by molar-refractivity contribution is 7.07. The van der Waals surface area contributed by atoms with Crippen molar-refractivity contribution in [1.82, 2.24) is 10.2 Å². The summed E-state index contributed by atoms with van der Waals surface area (Å²) in [6.45, 7) is 7.56. The third-order valence-electron chi connectivity index (χ3n) is 1.75. The maximum Gasteiger partial charge on any atom is 0.250 e. The van der Waals surface area contributed by atoms with Crippen LogP contribution in [0.15, 0.2) is 0 Å². The van der Waals surface area contributed by atoms with E-state index in [1.165, 1.54) is 0 Å². The van der Waals surface area contributed by atoms with Crippen LogP contribution in [0.5, 0.6) is 0 Å². The molecule has 74 valence electrons. The van der Waals surface area contributed by atoms with Gasteiger partial charge in [0, 0.05) is 0 Å².